The van der Waals surface area contributed by atoms with E-state index in [0.29, 0.717) is 44.1 Å². The number of carbonyl (C=O) groups is 1. The molecule has 10 heteroatoms. The van der Waals surface area contributed by atoms with Crippen LogP contribution in [0.4, 0.5) is 14.9 Å². The number of benzene rings is 3. The van der Waals surface area contributed by atoms with Gasteiger partial charge in [0.05, 0.1) is 18.0 Å². The highest BCUT2D eigenvalue weighted by Gasteiger charge is 2.47. The van der Waals surface area contributed by atoms with E-state index in [2.05, 4.69) is 17.0 Å². The maximum absolute atomic E-state index is 13.6. The average Bonchev–Trinajstić information content (AvgIpc) is 3.74. The van der Waals surface area contributed by atoms with Crippen molar-refractivity contribution in [2.45, 2.75) is 55.6 Å². The lowest BCUT2D eigenvalue weighted by Crippen LogP contribution is -2.46. The molecule has 2 heterocycles. The van der Waals surface area contributed by atoms with Gasteiger partial charge in [-0.1, -0.05) is 18.2 Å². The summed E-state index contributed by atoms with van der Waals surface area (Å²) in [5, 5.41) is 0. The first-order valence-corrected chi connectivity index (χ1v) is 15.4. The molecule has 0 atom stereocenters. The zero-order chi connectivity index (χ0) is 28.8. The zero-order valence-electron chi connectivity index (χ0n) is 22.9. The molecule has 0 unspecified atom stereocenters. The Morgan fingerprint density at radius 2 is 1.80 bits per heavy atom. The number of halogens is 1. The number of hydrogen-bond acceptors (Lipinski definition) is 6. The summed E-state index contributed by atoms with van der Waals surface area (Å²) >= 11 is 0. The molecule has 3 aliphatic rings. The number of piperidine rings is 1. The molecule has 216 valence electrons. The van der Waals surface area contributed by atoms with Crippen molar-refractivity contribution < 1.29 is 31.6 Å². The molecule has 41 heavy (non-hydrogen) atoms. The van der Waals surface area contributed by atoms with Gasteiger partial charge in [0.25, 0.3) is 10.1 Å². The Morgan fingerprint density at radius 1 is 1.07 bits per heavy atom. The summed E-state index contributed by atoms with van der Waals surface area (Å²) in [6.45, 7) is 4.95. The molecule has 0 aromatic heterocycles. The van der Waals surface area contributed by atoms with E-state index in [4.69, 9.17) is 9.47 Å². The number of amides is 1. The minimum absolute atomic E-state index is 0.256. The van der Waals surface area contributed by atoms with Crippen LogP contribution in [0.1, 0.15) is 49.7 Å². The summed E-state index contributed by atoms with van der Waals surface area (Å²) in [7, 11) is -4.39. The molecular weight excluding hydrogens is 547 g/mol. The predicted molar refractivity (Wildman–Crippen MR) is 152 cm³/mol. The number of rotatable bonds is 8. The molecule has 1 N–H and O–H groups in total. The molecule has 1 aliphatic carbocycles. The third-order valence-electron chi connectivity index (χ3n) is 8.26. The second kappa shape index (κ2) is 10.7. The van der Waals surface area contributed by atoms with Crippen LogP contribution < -0.4 is 9.64 Å². The van der Waals surface area contributed by atoms with Gasteiger partial charge in [-0.2, -0.15) is 8.42 Å². The summed E-state index contributed by atoms with van der Waals surface area (Å²) < 4.78 is 58.1. The fourth-order valence-corrected chi connectivity index (χ4v) is 6.44. The van der Waals surface area contributed by atoms with Gasteiger partial charge in [-0.3, -0.25) is 14.4 Å². The minimum atomic E-state index is -4.39. The number of nitrogens with zero attached hydrogens (tertiary/aromatic N) is 2. The fourth-order valence-electron chi connectivity index (χ4n) is 5.92. The molecule has 1 saturated carbocycles. The van der Waals surface area contributed by atoms with Crippen LogP contribution in [0, 0.1) is 5.82 Å². The Labute approximate surface area is 239 Å². The summed E-state index contributed by atoms with van der Waals surface area (Å²) in [5.74, 6) is 1.07. The monoisotopic (exact) mass is 580 g/mol. The molecule has 6 rings (SSSR count). The van der Waals surface area contributed by atoms with Gasteiger partial charge < -0.3 is 9.47 Å². The van der Waals surface area contributed by atoms with Crippen LogP contribution in [0.15, 0.2) is 65.6 Å². The fraction of sp³-hybridized carbons (Fsp3) is 0.387. The van der Waals surface area contributed by atoms with Crippen molar-refractivity contribution in [2.24, 2.45) is 0 Å². The van der Waals surface area contributed by atoms with E-state index < -0.39 is 21.8 Å². The zero-order valence-corrected chi connectivity index (χ0v) is 23.7. The molecule has 0 bridgehead atoms. The number of ether oxygens (including phenoxy) is 2. The second-order valence-corrected chi connectivity index (χ2v) is 12.6. The molecule has 8 nitrogen and oxygen atoms in total. The van der Waals surface area contributed by atoms with E-state index in [-0.39, 0.29) is 10.7 Å². The first kappa shape index (κ1) is 27.7. The van der Waals surface area contributed by atoms with E-state index >= 15 is 0 Å². The Hall–Kier alpha value is -3.47. The third kappa shape index (κ3) is 5.82. The van der Waals surface area contributed by atoms with Gasteiger partial charge in [0.1, 0.15) is 17.2 Å². The van der Waals surface area contributed by atoms with Gasteiger partial charge in [0, 0.05) is 43.7 Å². The Bertz CT molecular complexity index is 1560. The van der Waals surface area contributed by atoms with E-state index in [1.807, 2.05) is 19.1 Å². The van der Waals surface area contributed by atoms with Crippen molar-refractivity contribution in [3.8, 4) is 16.9 Å². The van der Waals surface area contributed by atoms with Crippen molar-refractivity contribution in [2.75, 3.05) is 31.1 Å². The Morgan fingerprint density at radius 3 is 2.46 bits per heavy atom. The minimum Gasteiger partial charge on any atom is -0.494 e. The number of hydrogen-bond donors (Lipinski definition) is 1. The van der Waals surface area contributed by atoms with E-state index in [1.165, 1.54) is 40.8 Å². The van der Waals surface area contributed by atoms with Gasteiger partial charge in [0.2, 0.25) is 0 Å². The van der Waals surface area contributed by atoms with Crippen LogP contribution in [-0.4, -0.2) is 55.8 Å². The highest BCUT2D eigenvalue weighted by atomic mass is 32.2. The lowest BCUT2D eigenvalue weighted by molar-refractivity contribution is -0.00111. The van der Waals surface area contributed by atoms with Gasteiger partial charge in [-0.05, 0) is 84.8 Å². The van der Waals surface area contributed by atoms with Crippen molar-refractivity contribution in [1.82, 2.24) is 4.90 Å². The normalized spacial score (nSPS) is 19.0. The standard InChI is InChI=1S/C31H33FN2O6S/c1-2-39-29-18-28(22-8-10-24(32)11-9-22)27(21-6-7-21)16-23(29)19-33-14-12-31(13-15-33)20-34(30(35)40-31)25-4-3-5-26(17-25)41(36,37)38/h3-5,8-11,16-18,21H,2,6-7,12-15,19-20H2,1H3,(H,36,37,38). The summed E-state index contributed by atoms with van der Waals surface area (Å²) in [6.07, 6.45) is 3.04. The number of carbonyl (C=O) groups excluding carboxylic acids is 1. The Kier molecular flexibility index (Phi) is 7.25. The largest absolute Gasteiger partial charge is 0.494 e. The SMILES string of the molecule is CCOc1cc(-c2ccc(F)cc2)c(C2CC2)cc1CN1CCC2(CC1)CN(c1cccc(S(=O)(=O)O)c1)C(=O)O2. The second-order valence-electron chi connectivity index (χ2n) is 11.1. The third-order valence-corrected chi connectivity index (χ3v) is 9.11. The summed E-state index contributed by atoms with van der Waals surface area (Å²) in [6, 6.07) is 16.7. The maximum Gasteiger partial charge on any atom is 0.415 e. The van der Waals surface area contributed by atoms with Crippen molar-refractivity contribution in [1.29, 1.82) is 0 Å². The molecule has 0 radical (unpaired) electrons. The highest BCUT2D eigenvalue weighted by molar-refractivity contribution is 7.85. The van der Waals surface area contributed by atoms with Crippen molar-refractivity contribution in [3.63, 3.8) is 0 Å². The van der Waals surface area contributed by atoms with Crippen LogP contribution in [0.3, 0.4) is 0 Å². The quantitative estimate of drug-likeness (QED) is 0.326. The van der Waals surface area contributed by atoms with Gasteiger partial charge >= 0.3 is 6.09 Å². The van der Waals surface area contributed by atoms with Crippen LogP contribution >= 0.6 is 0 Å². The topological polar surface area (TPSA) is 96.4 Å². The molecule has 3 aromatic rings. The summed E-state index contributed by atoms with van der Waals surface area (Å²) in [5.41, 5.74) is 4.18. The van der Waals surface area contributed by atoms with Crippen molar-refractivity contribution in [3.05, 3.63) is 77.6 Å². The highest BCUT2D eigenvalue weighted by Crippen LogP contribution is 2.47. The predicted octanol–water partition coefficient (Wildman–Crippen LogP) is 6.01. The molecule has 2 aliphatic heterocycles. The summed E-state index contributed by atoms with van der Waals surface area (Å²) in [4.78, 5) is 16.3. The lowest BCUT2D eigenvalue weighted by Gasteiger charge is -2.37. The number of anilines is 1. The first-order chi connectivity index (χ1) is 19.6. The van der Waals surface area contributed by atoms with Crippen molar-refractivity contribution >= 4 is 21.9 Å². The molecule has 3 aromatic carbocycles. The van der Waals surface area contributed by atoms with Gasteiger partial charge in [-0.25, -0.2) is 9.18 Å². The van der Waals surface area contributed by atoms with Crippen LogP contribution in [0.5, 0.6) is 5.75 Å². The van der Waals surface area contributed by atoms with Gasteiger partial charge in [0.15, 0.2) is 0 Å². The molecule has 3 fully saturated rings. The smallest absolute Gasteiger partial charge is 0.415 e. The maximum atomic E-state index is 13.6. The van der Waals surface area contributed by atoms with E-state index in [0.717, 1.165) is 48.4 Å². The van der Waals surface area contributed by atoms with Crippen LogP contribution in [0.25, 0.3) is 11.1 Å². The average molecular weight is 581 g/mol. The van der Waals surface area contributed by atoms with Crippen LogP contribution in [0.2, 0.25) is 0 Å². The molecular formula is C31H33FN2O6S. The van der Waals surface area contributed by atoms with Gasteiger partial charge in [-0.15, -0.1) is 0 Å². The lowest BCUT2D eigenvalue weighted by atomic mass is 9.90. The Balaban J connectivity index is 1.18. The first-order valence-electron chi connectivity index (χ1n) is 14.0. The van der Waals surface area contributed by atoms with E-state index in [1.54, 1.807) is 6.07 Å². The molecule has 2 saturated heterocycles. The van der Waals surface area contributed by atoms with E-state index in [9.17, 15) is 22.2 Å². The molecule has 1 spiro atoms. The van der Waals surface area contributed by atoms with Crippen LogP contribution in [-0.2, 0) is 21.4 Å². The molecule has 1 amide bonds. The number of likely N-dealkylation sites (tertiary alicyclic amines) is 1.